The van der Waals surface area contributed by atoms with Crippen LogP contribution < -0.4 is 0 Å². The predicted molar refractivity (Wildman–Crippen MR) is 145 cm³/mol. The zero-order valence-electron chi connectivity index (χ0n) is 17.9. The summed E-state index contributed by atoms with van der Waals surface area (Å²) >= 11 is 3.38. The largest absolute Gasteiger partial charge is 0.355 e. The Labute approximate surface area is 203 Å². The molecular weight excluding hydrogens is 456 g/mol. The number of nitrogens with one attached hydrogen (secondary N) is 2. The molecular formula is C28H18N4S2. The first-order valence-electron chi connectivity index (χ1n) is 11.0. The third kappa shape index (κ3) is 3.36. The maximum absolute atomic E-state index is 4.96. The molecule has 8 bridgehead atoms. The van der Waals surface area contributed by atoms with Gasteiger partial charge in [-0.15, -0.1) is 0 Å². The van der Waals surface area contributed by atoms with Gasteiger partial charge in [-0.25, -0.2) is 9.97 Å². The molecule has 0 spiro atoms. The molecule has 0 saturated heterocycles. The highest BCUT2D eigenvalue weighted by molar-refractivity contribution is 7.08. The molecule has 162 valence electrons. The first kappa shape index (κ1) is 19.5. The molecule has 0 saturated carbocycles. The highest BCUT2D eigenvalue weighted by atomic mass is 32.1. The molecule has 2 aliphatic heterocycles. The van der Waals surface area contributed by atoms with Crippen molar-refractivity contribution in [3.8, 4) is 22.3 Å². The summed E-state index contributed by atoms with van der Waals surface area (Å²) in [7, 11) is 0. The summed E-state index contributed by atoms with van der Waals surface area (Å²) in [5.41, 5.74) is 12.4. The topological polar surface area (TPSA) is 57.4 Å². The van der Waals surface area contributed by atoms with E-state index in [-0.39, 0.29) is 0 Å². The van der Waals surface area contributed by atoms with E-state index in [1.165, 1.54) is 5.56 Å². The van der Waals surface area contributed by atoms with Crippen LogP contribution in [0.4, 0.5) is 0 Å². The molecule has 34 heavy (non-hydrogen) atoms. The number of fused-ring (bicyclic) bond motifs is 8. The van der Waals surface area contributed by atoms with Crippen molar-refractivity contribution in [2.24, 2.45) is 0 Å². The van der Waals surface area contributed by atoms with Gasteiger partial charge in [-0.1, -0.05) is 0 Å². The maximum Gasteiger partial charge on any atom is 0.0738 e. The number of thiophene rings is 2. The van der Waals surface area contributed by atoms with Crippen LogP contribution in [0.25, 0.3) is 68.6 Å². The summed E-state index contributed by atoms with van der Waals surface area (Å²) in [5.74, 6) is 0. The molecule has 2 N–H and O–H groups in total. The molecule has 0 amide bonds. The number of hydrogen-bond acceptors (Lipinski definition) is 4. The fourth-order valence-corrected chi connectivity index (χ4v) is 5.79. The second-order valence-corrected chi connectivity index (χ2v) is 9.79. The molecule has 2 aliphatic rings. The van der Waals surface area contributed by atoms with Gasteiger partial charge in [0, 0.05) is 33.2 Å². The molecule has 5 aromatic heterocycles. The molecule has 4 nitrogen and oxygen atoms in total. The lowest BCUT2D eigenvalue weighted by Crippen LogP contribution is -1.87. The van der Waals surface area contributed by atoms with Crippen molar-refractivity contribution in [1.29, 1.82) is 0 Å². The molecule has 0 atom stereocenters. The van der Waals surface area contributed by atoms with E-state index in [2.05, 4.69) is 104 Å². The van der Waals surface area contributed by atoms with Crippen molar-refractivity contribution in [3.63, 3.8) is 0 Å². The van der Waals surface area contributed by atoms with E-state index in [1.807, 2.05) is 0 Å². The minimum atomic E-state index is 0.917. The molecule has 6 heteroatoms. The van der Waals surface area contributed by atoms with E-state index in [0.29, 0.717) is 0 Å². The van der Waals surface area contributed by atoms with Crippen LogP contribution in [0.2, 0.25) is 0 Å². The Morgan fingerprint density at radius 3 is 1.59 bits per heavy atom. The lowest BCUT2D eigenvalue weighted by Gasteiger charge is -2.01. The lowest BCUT2D eigenvalue weighted by molar-refractivity contribution is 1.28. The van der Waals surface area contributed by atoms with Crippen LogP contribution in [-0.4, -0.2) is 19.9 Å². The summed E-state index contributed by atoms with van der Waals surface area (Å²) in [4.78, 5) is 17.1. The molecule has 0 radical (unpaired) electrons. The molecule has 0 aliphatic carbocycles. The quantitative estimate of drug-likeness (QED) is 0.266. The minimum absolute atomic E-state index is 0.917. The van der Waals surface area contributed by atoms with Crippen molar-refractivity contribution in [2.75, 3.05) is 0 Å². The van der Waals surface area contributed by atoms with Gasteiger partial charge < -0.3 is 9.97 Å². The maximum atomic E-state index is 4.96. The molecule has 5 aromatic rings. The Kier molecular flexibility index (Phi) is 4.46. The second kappa shape index (κ2) is 7.80. The van der Waals surface area contributed by atoms with Crippen LogP contribution in [0.5, 0.6) is 0 Å². The molecule has 0 unspecified atom stereocenters. The number of aromatic amines is 2. The Hall–Kier alpha value is -4.00. The van der Waals surface area contributed by atoms with Gasteiger partial charge in [-0.3, -0.25) is 0 Å². The van der Waals surface area contributed by atoms with Crippen LogP contribution in [0.3, 0.4) is 0 Å². The average Bonchev–Trinajstić information content (AvgIpc) is 3.67. The number of hydrogen-bond donors (Lipinski definition) is 2. The minimum Gasteiger partial charge on any atom is -0.355 e. The summed E-state index contributed by atoms with van der Waals surface area (Å²) in [6.45, 7) is 0. The SMILES string of the molecule is C1=Cc2nc1cc1ccc([nH]1)c(-c1ccsc1)c1ccc(cc3nc(c2-c2ccsc2)C=C3)[nH]1. The fourth-order valence-electron chi connectivity index (χ4n) is 4.49. The highest BCUT2D eigenvalue weighted by Crippen LogP contribution is 2.33. The van der Waals surface area contributed by atoms with Crippen LogP contribution in [-0.2, 0) is 0 Å². The van der Waals surface area contributed by atoms with Crippen LogP contribution in [0.15, 0.2) is 70.1 Å². The Balaban J connectivity index is 1.60. The summed E-state index contributed by atoms with van der Waals surface area (Å²) in [6.07, 6.45) is 8.30. The first-order valence-corrected chi connectivity index (χ1v) is 12.8. The Morgan fingerprint density at radius 1 is 0.559 bits per heavy atom. The monoisotopic (exact) mass is 474 g/mol. The third-order valence-corrected chi connectivity index (χ3v) is 7.38. The molecule has 0 aromatic carbocycles. The van der Waals surface area contributed by atoms with E-state index in [0.717, 1.165) is 61.5 Å². The number of H-pyrrole nitrogens is 2. The van der Waals surface area contributed by atoms with E-state index in [1.54, 1.807) is 22.7 Å². The molecule has 0 fully saturated rings. The van der Waals surface area contributed by atoms with Crippen LogP contribution in [0.1, 0.15) is 22.8 Å². The standard InChI is InChI=1S/C28H18N4S2/c1-5-23-27(17-9-11-33-15-17)24-7-3-21(31-24)14-22-4-8-26(32-22)28(18-10-12-34-16-18)25-6-2-20(30-25)13-19(1)29-23/h1-16,29,31H. The van der Waals surface area contributed by atoms with Gasteiger partial charge >= 0.3 is 0 Å². The highest BCUT2D eigenvalue weighted by Gasteiger charge is 2.14. The van der Waals surface area contributed by atoms with Crippen molar-refractivity contribution in [1.82, 2.24) is 19.9 Å². The van der Waals surface area contributed by atoms with Crippen molar-refractivity contribution >= 4 is 69.0 Å². The number of rotatable bonds is 2. The van der Waals surface area contributed by atoms with Gasteiger partial charge in [0.1, 0.15) is 0 Å². The van der Waals surface area contributed by atoms with Crippen LogP contribution in [0, 0.1) is 0 Å². The number of aromatic nitrogens is 4. The van der Waals surface area contributed by atoms with E-state index in [4.69, 9.17) is 9.97 Å². The third-order valence-electron chi connectivity index (χ3n) is 6.02. The van der Waals surface area contributed by atoms with E-state index < -0.39 is 0 Å². The molecule has 7 heterocycles. The lowest BCUT2D eigenvalue weighted by atomic mass is 10.1. The van der Waals surface area contributed by atoms with Crippen molar-refractivity contribution in [2.45, 2.75) is 0 Å². The summed E-state index contributed by atoms with van der Waals surface area (Å²) in [5, 5.41) is 8.54. The van der Waals surface area contributed by atoms with Crippen molar-refractivity contribution in [3.05, 3.63) is 92.8 Å². The Morgan fingerprint density at radius 2 is 1.09 bits per heavy atom. The fraction of sp³-hybridized carbons (Fsp3) is 0. The smallest absolute Gasteiger partial charge is 0.0738 e. The van der Waals surface area contributed by atoms with E-state index >= 15 is 0 Å². The summed E-state index contributed by atoms with van der Waals surface area (Å²) < 4.78 is 0. The summed E-state index contributed by atoms with van der Waals surface area (Å²) in [6, 6.07) is 17.0. The predicted octanol–water partition coefficient (Wildman–Crippen LogP) is 8.11. The average molecular weight is 475 g/mol. The van der Waals surface area contributed by atoms with Gasteiger partial charge in [-0.2, -0.15) is 22.7 Å². The van der Waals surface area contributed by atoms with Crippen LogP contribution >= 0.6 is 22.7 Å². The van der Waals surface area contributed by atoms with Gasteiger partial charge in [0.15, 0.2) is 0 Å². The van der Waals surface area contributed by atoms with Crippen molar-refractivity contribution < 1.29 is 0 Å². The number of nitrogens with zero attached hydrogens (tertiary/aromatic N) is 2. The zero-order chi connectivity index (χ0) is 22.5. The molecule has 7 rings (SSSR count). The van der Waals surface area contributed by atoms with Gasteiger partial charge in [-0.05, 0) is 105 Å². The normalized spacial score (nSPS) is 12.5. The van der Waals surface area contributed by atoms with Gasteiger partial charge in [0.05, 0.1) is 22.8 Å². The second-order valence-electron chi connectivity index (χ2n) is 8.23. The van der Waals surface area contributed by atoms with Gasteiger partial charge in [0.25, 0.3) is 0 Å². The Bertz CT molecular complexity index is 1650. The first-order chi connectivity index (χ1) is 16.8. The zero-order valence-corrected chi connectivity index (χ0v) is 19.6. The van der Waals surface area contributed by atoms with E-state index in [9.17, 15) is 0 Å². The van der Waals surface area contributed by atoms with Gasteiger partial charge in [0.2, 0.25) is 0 Å².